The van der Waals surface area contributed by atoms with Crippen LogP contribution in [0, 0.1) is 0 Å². The molecule has 2 aromatic heterocycles. The van der Waals surface area contributed by atoms with E-state index in [1.165, 1.54) is 4.88 Å². The van der Waals surface area contributed by atoms with E-state index in [1.54, 1.807) is 17.6 Å². The number of aliphatic imine (C=N–C) groups is 1. The van der Waals surface area contributed by atoms with Crippen molar-refractivity contribution in [3.05, 3.63) is 99.1 Å². The lowest BCUT2D eigenvalue weighted by Gasteiger charge is -2.12. The molecule has 1 amide bonds. The van der Waals surface area contributed by atoms with E-state index >= 15 is 0 Å². The van der Waals surface area contributed by atoms with E-state index in [9.17, 15) is 4.79 Å². The van der Waals surface area contributed by atoms with Crippen LogP contribution in [0.1, 0.15) is 45.0 Å². The molecule has 5 rings (SSSR count). The van der Waals surface area contributed by atoms with Crippen molar-refractivity contribution in [3.63, 3.8) is 0 Å². The number of fused-ring (bicyclic) bond motifs is 1. The molecular formula is C27H23ClN2O2S. The first-order valence-electron chi connectivity index (χ1n) is 11.0. The normalized spacial score (nSPS) is 13.2. The number of amides is 1. The minimum Gasteiger partial charge on any atom is -0.455 e. The zero-order valence-electron chi connectivity index (χ0n) is 18.0. The van der Waals surface area contributed by atoms with Crippen molar-refractivity contribution in [2.45, 2.75) is 32.2 Å². The number of hydrogen-bond acceptors (Lipinski definition) is 4. The summed E-state index contributed by atoms with van der Waals surface area (Å²) in [7, 11) is 0. The van der Waals surface area contributed by atoms with Gasteiger partial charge in [0.25, 0.3) is 5.91 Å². The van der Waals surface area contributed by atoms with Crippen LogP contribution in [0.4, 0.5) is 5.00 Å². The van der Waals surface area contributed by atoms with Gasteiger partial charge in [-0.25, -0.2) is 4.99 Å². The molecule has 0 saturated carbocycles. The molecule has 0 atom stereocenters. The van der Waals surface area contributed by atoms with E-state index in [4.69, 9.17) is 21.0 Å². The molecule has 1 aliphatic carbocycles. The number of furan rings is 1. The molecule has 166 valence electrons. The van der Waals surface area contributed by atoms with Crippen LogP contribution in [0.2, 0.25) is 5.02 Å². The summed E-state index contributed by atoms with van der Waals surface area (Å²) in [5.41, 5.74) is 3.85. The lowest BCUT2D eigenvalue weighted by molar-refractivity contribution is 0.0951. The molecule has 1 N–H and O–H groups in total. The van der Waals surface area contributed by atoms with Gasteiger partial charge in [-0.2, -0.15) is 0 Å². The topological polar surface area (TPSA) is 54.6 Å². The minimum atomic E-state index is -0.0653. The van der Waals surface area contributed by atoms with Crippen molar-refractivity contribution in [1.29, 1.82) is 0 Å². The quantitative estimate of drug-likeness (QED) is 0.300. The molecule has 4 aromatic rings. The zero-order valence-corrected chi connectivity index (χ0v) is 19.6. The maximum absolute atomic E-state index is 13.2. The summed E-state index contributed by atoms with van der Waals surface area (Å²) in [6.45, 7) is 0.495. The predicted octanol–water partition coefficient (Wildman–Crippen LogP) is 7.22. The van der Waals surface area contributed by atoms with Gasteiger partial charge in [0.15, 0.2) is 0 Å². The van der Waals surface area contributed by atoms with E-state index in [-0.39, 0.29) is 5.91 Å². The van der Waals surface area contributed by atoms with Crippen LogP contribution in [-0.4, -0.2) is 12.1 Å². The Hall–Kier alpha value is -3.15. The lowest BCUT2D eigenvalue weighted by atomic mass is 9.95. The summed E-state index contributed by atoms with van der Waals surface area (Å²) in [4.78, 5) is 19.2. The first-order chi connectivity index (χ1) is 16.2. The maximum Gasteiger partial charge on any atom is 0.254 e. The van der Waals surface area contributed by atoms with Crippen LogP contribution < -0.4 is 5.32 Å². The number of hydrogen-bond donors (Lipinski definition) is 1. The highest BCUT2D eigenvalue weighted by Crippen LogP contribution is 2.40. The Morgan fingerprint density at radius 1 is 1.06 bits per heavy atom. The van der Waals surface area contributed by atoms with Crippen molar-refractivity contribution in [2.75, 3.05) is 0 Å². The van der Waals surface area contributed by atoms with Gasteiger partial charge in [0, 0.05) is 22.0 Å². The van der Waals surface area contributed by atoms with Gasteiger partial charge < -0.3 is 9.73 Å². The molecule has 0 radical (unpaired) electrons. The molecule has 0 unspecified atom stereocenters. The highest BCUT2D eigenvalue weighted by molar-refractivity contribution is 7.16. The summed E-state index contributed by atoms with van der Waals surface area (Å²) in [5, 5.41) is 4.48. The maximum atomic E-state index is 13.2. The molecule has 0 saturated heterocycles. The van der Waals surface area contributed by atoms with Crippen LogP contribution in [-0.2, 0) is 19.4 Å². The first-order valence-corrected chi connectivity index (χ1v) is 12.2. The molecule has 2 aromatic carbocycles. The van der Waals surface area contributed by atoms with Crippen molar-refractivity contribution in [1.82, 2.24) is 5.32 Å². The van der Waals surface area contributed by atoms with E-state index in [1.807, 2.05) is 66.7 Å². The summed E-state index contributed by atoms with van der Waals surface area (Å²) in [6, 6.07) is 21.3. The third-order valence-electron chi connectivity index (χ3n) is 5.72. The van der Waals surface area contributed by atoms with Gasteiger partial charge >= 0.3 is 0 Å². The Bertz CT molecular complexity index is 1310. The molecule has 0 fully saturated rings. The number of benzene rings is 2. The number of nitrogens with zero attached hydrogens (tertiary/aromatic N) is 1. The van der Waals surface area contributed by atoms with Crippen LogP contribution >= 0.6 is 22.9 Å². The lowest BCUT2D eigenvalue weighted by Crippen LogP contribution is -2.24. The monoisotopic (exact) mass is 474 g/mol. The van der Waals surface area contributed by atoms with Crippen LogP contribution in [0.5, 0.6) is 0 Å². The summed E-state index contributed by atoms with van der Waals surface area (Å²) in [5.74, 6) is 1.29. The van der Waals surface area contributed by atoms with E-state index < -0.39 is 0 Å². The van der Waals surface area contributed by atoms with Gasteiger partial charge in [-0.15, -0.1) is 11.3 Å². The molecule has 0 aliphatic heterocycles. The molecule has 6 heteroatoms. The predicted molar refractivity (Wildman–Crippen MR) is 135 cm³/mol. The van der Waals surface area contributed by atoms with E-state index in [2.05, 4.69) is 5.32 Å². The number of carbonyl (C=O) groups is 1. The van der Waals surface area contributed by atoms with Crippen molar-refractivity contribution in [2.24, 2.45) is 4.99 Å². The standard InChI is InChI=1S/C27H23ClN2O2S/c28-20-10-6-9-19(15-20)23-14-13-21(32-23)17-30-27-25(22-11-4-5-12-24(22)33-27)26(31)29-16-18-7-2-1-3-8-18/h1-3,6-10,13-15,17H,4-5,11-12,16H2,(H,29,31). The Morgan fingerprint density at radius 3 is 2.76 bits per heavy atom. The first kappa shape index (κ1) is 21.7. The SMILES string of the molecule is O=C(NCc1ccccc1)c1c(N=Cc2ccc(-c3cccc(Cl)c3)o2)sc2c1CCCC2. The number of carbonyl (C=O) groups excluding carboxylic acids is 1. The number of aryl methyl sites for hydroxylation is 1. The zero-order chi connectivity index (χ0) is 22.6. The Balaban J connectivity index is 1.39. The second-order valence-corrected chi connectivity index (χ2v) is 9.55. The molecule has 1 aliphatic rings. The van der Waals surface area contributed by atoms with Crippen LogP contribution in [0.25, 0.3) is 11.3 Å². The second-order valence-electron chi connectivity index (χ2n) is 8.03. The number of rotatable bonds is 6. The fourth-order valence-corrected chi connectivity index (χ4v) is 5.51. The smallest absolute Gasteiger partial charge is 0.254 e. The molecule has 0 bridgehead atoms. The van der Waals surface area contributed by atoms with Gasteiger partial charge in [0.05, 0.1) is 11.8 Å². The Morgan fingerprint density at radius 2 is 1.91 bits per heavy atom. The molecular weight excluding hydrogens is 452 g/mol. The van der Waals surface area contributed by atoms with E-state index in [0.29, 0.717) is 22.9 Å². The Labute approximate surface area is 201 Å². The van der Waals surface area contributed by atoms with Crippen molar-refractivity contribution < 1.29 is 9.21 Å². The van der Waals surface area contributed by atoms with Gasteiger partial charge in [-0.3, -0.25) is 4.79 Å². The third-order valence-corrected chi connectivity index (χ3v) is 7.16. The highest BCUT2D eigenvalue weighted by Gasteiger charge is 2.25. The van der Waals surface area contributed by atoms with Gasteiger partial charge in [0.1, 0.15) is 16.5 Å². The molecule has 0 spiro atoms. The summed E-state index contributed by atoms with van der Waals surface area (Å²) in [6.07, 6.45) is 5.89. The van der Waals surface area contributed by atoms with Gasteiger partial charge in [0.2, 0.25) is 0 Å². The average molecular weight is 475 g/mol. The third kappa shape index (κ3) is 4.95. The number of nitrogens with one attached hydrogen (secondary N) is 1. The number of thiophene rings is 1. The number of halogens is 1. The van der Waals surface area contributed by atoms with Crippen LogP contribution in [0.3, 0.4) is 0 Å². The van der Waals surface area contributed by atoms with E-state index in [0.717, 1.165) is 53.1 Å². The van der Waals surface area contributed by atoms with Gasteiger partial charge in [-0.05, 0) is 61.1 Å². The average Bonchev–Trinajstić information content (AvgIpc) is 3.46. The Kier molecular flexibility index (Phi) is 6.42. The second kappa shape index (κ2) is 9.77. The molecule has 33 heavy (non-hydrogen) atoms. The fourth-order valence-electron chi connectivity index (χ4n) is 4.08. The van der Waals surface area contributed by atoms with Crippen molar-refractivity contribution in [3.8, 4) is 11.3 Å². The molecule has 2 heterocycles. The van der Waals surface area contributed by atoms with Crippen LogP contribution in [0.15, 0.2) is 76.1 Å². The summed E-state index contributed by atoms with van der Waals surface area (Å²) < 4.78 is 5.95. The summed E-state index contributed by atoms with van der Waals surface area (Å²) >= 11 is 7.72. The van der Waals surface area contributed by atoms with Gasteiger partial charge in [-0.1, -0.05) is 54.1 Å². The minimum absolute atomic E-state index is 0.0653. The fraction of sp³-hybridized carbons (Fsp3) is 0.185. The molecule has 4 nitrogen and oxygen atoms in total. The van der Waals surface area contributed by atoms with Crippen molar-refractivity contribution >= 4 is 40.1 Å². The highest BCUT2D eigenvalue weighted by atomic mass is 35.5. The largest absolute Gasteiger partial charge is 0.455 e.